The minimum atomic E-state index is -1.08. The van der Waals surface area contributed by atoms with Gasteiger partial charge >= 0.3 is 12.0 Å². The average Bonchev–Trinajstić information content (AvgIpc) is 2.32. The van der Waals surface area contributed by atoms with Crippen molar-refractivity contribution in [1.82, 2.24) is 10.6 Å². The first-order valence-electron chi connectivity index (χ1n) is 6.93. The van der Waals surface area contributed by atoms with Crippen LogP contribution < -0.4 is 10.6 Å². The molecule has 1 aliphatic rings. The van der Waals surface area contributed by atoms with Crippen LogP contribution in [0.15, 0.2) is 0 Å². The lowest BCUT2D eigenvalue weighted by molar-refractivity contribution is -0.147. The second kappa shape index (κ2) is 8.74. The number of nitrogens with one attached hydrogen (secondary N) is 2. The van der Waals surface area contributed by atoms with Gasteiger partial charge in [0.25, 0.3) is 0 Å². The maximum absolute atomic E-state index is 11.7. The third-order valence-corrected chi connectivity index (χ3v) is 3.45. The summed E-state index contributed by atoms with van der Waals surface area (Å²) in [5.74, 6) is -1.08. The van der Waals surface area contributed by atoms with Crippen molar-refractivity contribution >= 4 is 12.0 Å². The Kier molecular flexibility index (Phi) is 7.25. The zero-order valence-electron chi connectivity index (χ0n) is 11.5. The van der Waals surface area contributed by atoms with Gasteiger partial charge in [-0.1, -0.05) is 32.1 Å². The van der Waals surface area contributed by atoms with Crippen LogP contribution in [0.3, 0.4) is 0 Å². The van der Waals surface area contributed by atoms with Gasteiger partial charge in [-0.25, -0.2) is 9.59 Å². The zero-order chi connectivity index (χ0) is 14.1. The number of hydrogen-bond donors (Lipinski definition) is 3. The van der Waals surface area contributed by atoms with Crippen LogP contribution >= 0.6 is 0 Å². The minimum Gasteiger partial charge on any atom is -0.479 e. The first-order chi connectivity index (χ1) is 9.13. The van der Waals surface area contributed by atoms with E-state index in [0.717, 1.165) is 25.7 Å². The summed E-state index contributed by atoms with van der Waals surface area (Å²) in [6, 6.07) is -0.111. The number of hydrogen-bond acceptors (Lipinski definition) is 3. The fourth-order valence-corrected chi connectivity index (χ4v) is 2.29. The van der Waals surface area contributed by atoms with Crippen molar-refractivity contribution in [3.63, 3.8) is 0 Å². The molecule has 0 aromatic heterocycles. The summed E-state index contributed by atoms with van der Waals surface area (Å²) in [6.07, 6.45) is 7.02. The standard InChI is InChI=1S/C13H24N2O4/c1-19-11(12(16)17)9-14-13(18)15-10-7-5-3-2-4-6-8-10/h10-11H,2-9H2,1H3,(H,16,17)(H2,14,15,18). The molecule has 1 aliphatic carbocycles. The van der Waals surface area contributed by atoms with E-state index in [1.807, 2.05) is 0 Å². The number of carbonyl (C=O) groups is 2. The monoisotopic (exact) mass is 272 g/mol. The molecule has 0 spiro atoms. The highest BCUT2D eigenvalue weighted by Gasteiger charge is 2.18. The molecule has 110 valence electrons. The van der Waals surface area contributed by atoms with Crippen molar-refractivity contribution in [1.29, 1.82) is 0 Å². The van der Waals surface area contributed by atoms with Crippen LogP contribution in [0.1, 0.15) is 44.9 Å². The Labute approximate surface area is 113 Å². The van der Waals surface area contributed by atoms with E-state index in [0.29, 0.717) is 0 Å². The maximum Gasteiger partial charge on any atom is 0.334 e. The van der Waals surface area contributed by atoms with Crippen molar-refractivity contribution in [2.75, 3.05) is 13.7 Å². The summed E-state index contributed by atoms with van der Waals surface area (Å²) in [5, 5.41) is 14.2. The number of methoxy groups -OCH3 is 1. The van der Waals surface area contributed by atoms with Crippen LogP contribution in [0.5, 0.6) is 0 Å². The molecule has 19 heavy (non-hydrogen) atoms. The number of carboxylic acid groups (broad SMARTS) is 1. The quantitative estimate of drug-likeness (QED) is 0.707. The molecule has 0 aromatic rings. The molecule has 0 saturated heterocycles. The van der Waals surface area contributed by atoms with Crippen LogP contribution in [0, 0.1) is 0 Å². The second-order valence-electron chi connectivity index (χ2n) is 4.96. The van der Waals surface area contributed by atoms with Crippen LogP contribution in [0.2, 0.25) is 0 Å². The lowest BCUT2D eigenvalue weighted by Crippen LogP contribution is -2.46. The number of ether oxygens (including phenoxy) is 1. The van der Waals surface area contributed by atoms with Crippen LogP contribution in [-0.4, -0.2) is 42.9 Å². The van der Waals surface area contributed by atoms with E-state index in [-0.39, 0.29) is 18.6 Å². The van der Waals surface area contributed by atoms with E-state index >= 15 is 0 Å². The highest BCUT2D eigenvalue weighted by Crippen LogP contribution is 2.16. The van der Waals surface area contributed by atoms with E-state index < -0.39 is 12.1 Å². The molecule has 3 N–H and O–H groups in total. The number of rotatable bonds is 5. The van der Waals surface area contributed by atoms with Gasteiger partial charge in [0.05, 0.1) is 6.54 Å². The number of urea groups is 1. The van der Waals surface area contributed by atoms with Gasteiger partial charge in [-0.3, -0.25) is 0 Å². The summed E-state index contributed by atoms with van der Waals surface area (Å²) >= 11 is 0. The van der Waals surface area contributed by atoms with Crippen molar-refractivity contribution in [3.8, 4) is 0 Å². The Balaban J connectivity index is 2.27. The van der Waals surface area contributed by atoms with Crippen LogP contribution in [0.4, 0.5) is 4.79 Å². The van der Waals surface area contributed by atoms with Gasteiger partial charge in [-0.15, -0.1) is 0 Å². The maximum atomic E-state index is 11.7. The summed E-state index contributed by atoms with van der Waals surface area (Å²) in [5.41, 5.74) is 0. The Morgan fingerprint density at radius 1 is 1.21 bits per heavy atom. The third-order valence-electron chi connectivity index (χ3n) is 3.45. The zero-order valence-corrected chi connectivity index (χ0v) is 11.5. The number of amides is 2. The molecule has 1 fully saturated rings. The predicted octanol–water partition coefficient (Wildman–Crippen LogP) is 1.50. The summed E-state index contributed by atoms with van der Waals surface area (Å²) in [7, 11) is 1.31. The summed E-state index contributed by atoms with van der Waals surface area (Å²) in [4.78, 5) is 22.4. The molecule has 1 rings (SSSR count). The second-order valence-corrected chi connectivity index (χ2v) is 4.96. The van der Waals surface area contributed by atoms with Gasteiger partial charge in [0.1, 0.15) is 0 Å². The lowest BCUT2D eigenvalue weighted by atomic mass is 9.97. The van der Waals surface area contributed by atoms with Crippen molar-refractivity contribution in [2.24, 2.45) is 0 Å². The SMILES string of the molecule is COC(CNC(=O)NC1CCCCCCC1)C(=O)O. The number of carbonyl (C=O) groups excluding carboxylic acids is 1. The van der Waals surface area contributed by atoms with Crippen molar-refractivity contribution in [3.05, 3.63) is 0 Å². The fraction of sp³-hybridized carbons (Fsp3) is 0.846. The molecule has 1 atom stereocenters. The molecular formula is C13H24N2O4. The molecule has 0 bridgehead atoms. The summed E-state index contributed by atoms with van der Waals surface area (Å²) in [6.45, 7) is -0.0234. The fourth-order valence-electron chi connectivity index (χ4n) is 2.29. The van der Waals surface area contributed by atoms with Gasteiger partial charge in [0, 0.05) is 13.2 Å². The molecule has 2 amide bonds. The number of aliphatic carboxylic acids is 1. The molecule has 1 saturated carbocycles. The topological polar surface area (TPSA) is 87.7 Å². The Hall–Kier alpha value is -1.30. The highest BCUT2D eigenvalue weighted by molar-refractivity contribution is 5.77. The minimum absolute atomic E-state index is 0.0234. The van der Waals surface area contributed by atoms with Crippen LogP contribution in [0.25, 0.3) is 0 Å². The Morgan fingerprint density at radius 3 is 2.32 bits per heavy atom. The third kappa shape index (κ3) is 6.42. The molecule has 6 heteroatoms. The van der Waals surface area contributed by atoms with Crippen molar-refractivity contribution < 1.29 is 19.4 Å². The molecule has 1 unspecified atom stereocenters. The number of carboxylic acids is 1. The average molecular weight is 272 g/mol. The first-order valence-corrected chi connectivity index (χ1v) is 6.93. The van der Waals surface area contributed by atoms with E-state index in [1.165, 1.54) is 26.4 Å². The predicted molar refractivity (Wildman–Crippen MR) is 71.1 cm³/mol. The van der Waals surface area contributed by atoms with Gasteiger partial charge in [0.2, 0.25) is 0 Å². The van der Waals surface area contributed by atoms with Crippen molar-refractivity contribution in [2.45, 2.75) is 57.1 Å². The van der Waals surface area contributed by atoms with E-state index in [1.54, 1.807) is 0 Å². The van der Waals surface area contributed by atoms with Gasteiger partial charge < -0.3 is 20.5 Å². The molecule has 6 nitrogen and oxygen atoms in total. The molecule has 0 heterocycles. The van der Waals surface area contributed by atoms with E-state index in [2.05, 4.69) is 10.6 Å². The largest absolute Gasteiger partial charge is 0.479 e. The molecule has 0 aromatic carbocycles. The van der Waals surface area contributed by atoms with E-state index in [4.69, 9.17) is 9.84 Å². The highest BCUT2D eigenvalue weighted by atomic mass is 16.5. The smallest absolute Gasteiger partial charge is 0.334 e. The van der Waals surface area contributed by atoms with Gasteiger partial charge in [-0.2, -0.15) is 0 Å². The molecule has 0 aliphatic heterocycles. The lowest BCUT2D eigenvalue weighted by Gasteiger charge is -2.21. The normalized spacial score (nSPS) is 19.0. The Morgan fingerprint density at radius 2 is 1.79 bits per heavy atom. The first kappa shape index (κ1) is 15.8. The molecule has 0 radical (unpaired) electrons. The van der Waals surface area contributed by atoms with E-state index in [9.17, 15) is 9.59 Å². The Bertz CT molecular complexity index is 288. The van der Waals surface area contributed by atoms with Gasteiger partial charge in [0.15, 0.2) is 6.10 Å². The summed E-state index contributed by atoms with van der Waals surface area (Å²) < 4.78 is 4.75. The van der Waals surface area contributed by atoms with Gasteiger partial charge in [-0.05, 0) is 12.8 Å². The molecular weight excluding hydrogens is 248 g/mol. The van der Waals surface area contributed by atoms with Crippen LogP contribution in [-0.2, 0) is 9.53 Å².